The zero-order valence-corrected chi connectivity index (χ0v) is 11.1. The molecule has 96 valence electrons. The van der Waals surface area contributed by atoms with Crippen molar-refractivity contribution in [3.05, 3.63) is 30.3 Å². The highest BCUT2D eigenvalue weighted by molar-refractivity contribution is 7.89. The summed E-state index contributed by atoms with van der Waals surface area (Å²) in [6.45, 7) is 0.324. The van der Waals surface area contributed by atoms with Crippen LogP contribution in [0.15, 0.2) is 35.2 Å². The normalized spacial score (nSPS) is 17.9. The molecule has 1 fully saturated rings. The second-order valence-electron chi connectivity index (χ2n) is 4.35. The Morgan fingerprint density at radius 3 is 2.29 bits per heavy atom. The molecule has 1 aliphatic carbocycles. The molecule has 1 aliphatic rings. The SMILES string of the molecule is Cl.NC1(CNS(=O)(=O)c2ccccc2)CCC1. The van der Waals surface area contributed by atoms with Gasteiger partial charge in [-0.3, -0.25) is 0 Å². The summed E-state index contributed by atoms with van der Waals surface area (Å²) in [5, 5.41) is 0. The Kier molecular flexibility index (Phi) is 4.55. The Hall–Kier alpha value is -0.620. The first-order valence-electron chi connectivity index (χ1n) is 5.36. The molecule has 0 saturated heterocycles. The number of benzene rings is 1. The van der Waals surface area contributed by atoms with Crippen molar-refractivity contribution in [2.75, 3.05) is 6.54 Å². The van der Waals surface area contributed by atoms with Gasteiger partial charge in [0.05, 0.1) is 4.90 Å². The van der Waals surface area contributed by atoms with E-state index in [0.29, 0.717) is 6.54 Å². The minimum Gasteiger partial charge on any atom is -0.324 e. The average molecular weight is 277 g/mol. The molecule has 0 heterocycles. The van der Waals surface area contributed by atoms with E-state index < -0.39 is 10.0 Å². The van der Waals surface area contributed by atoms with E-state index in [1.807, 2.05) is 0 Å². The van der Waals surface area contributed by atoms with Crippen molar-refractivity contribution in [3.8, 4) is 0 Å². The van der Waals surface area contributed by atoms with Gasteiger partial charge in [-0.05, 0) is 31.4 Å². The number of nitrogens with one attached hydrogen (secondary N) is 1. The quantitative estimate of drug-likeness (QED) is 0.870. The van der Waals surface area contributed by atoms with Gasteiger partial charge in [0.15, 0.2) is 0 Å². The Labute approximate surface area is 108 Å². The third-order valence-corrected chi connectivity index (χ3v) is 4.43. The molecule has 1 saturated carbocycles. The lowest BCUT2D eigenvalue weighted by molar-refractivity contribution is 0.251. The van der Waals surface area contributed by atoms with Gasteiger partial charge in [0.25, 0.3) is 0 Å². The van der Waals surface area contributed by atoms with Gasteiger partial charge in [-0.15, -0.1) is 12.4 Å². The summed E-state index contributed by atoms with van der Waals surface area (Å²) in [6, 6.07) is 8.35. The van der Waals surface area contributed by atoms with E-state index in [-0.39, 0.29) is 22.8 Å². The number of hydrogen-bond donors (Lipinski definition) is 2. The molecule has 3 N–H and O–H groups in total. The van der Waals surface area contributed by atoms with Crippen LogP contribution in [0, 0.1) is 0 Å². The summed E-state index contributed by atoms with van der Waals surface area (Å²) in [5.74, 6) is 0. The summed E-state index contributed by atoms with van der Waals surface area (Å²) in [5.41, 5.74) is 5.63. The predicted octanol–water partition coefficient (Wildman–Crippen LogP) is 1.27. The van der Waals surface area contributed by atoms with Gasteiger partial charge in [-0.25, -0.2) is 13.1 Å². The van der Waals surface area contributed by atoms with Crippen LogP contribution >= 0.6 is 12.4 Å². The summed E-state index contributed by atoms with van der Waals surface area (Å²) in [7, 11) is -3.40. The van der Waals surface area contributed by atoms with E-state index in [2.05, 4.69) is 4.72 Å². The van der Waals surface area contributed by atoms with E-state index in [9.17, 15) is 8.42 Å². The van der Waals surface area contributed by atoms with Crippen LogP contribution in [0.2, 0.25) is 0 Å². The van der Waals surface area contributed by atoms with Crippen LogP contribution in [0.3, 0.4) is 0 Å². The fourth-order valence-electron chi connectivity index (χ4n) is 1.73. The molecule has 0 aromatic heterocycles. The lowest BCUT2D eigenvalue weighted by atomic mass is 9.78. The molecule has 2 rings (SSSR count). The molecule has 0 aliphatic heterocycles. The molecular weight excluding hydrogens is 260 g/mol. The van der Waals surface area contributed by atoms with Gasteiger partial charge < -0.3 is 5.73 Å². The zero-order chi connectivity index (χ0) is 11.6. The number of rotatable bonds is 4. The fourth-order valence-corrected chi connectivity index (χ4v) is 2.89. The highest BCUT2D eigenvalue weighted by Crippen LogP contribution is 2.28. The smallest absolute Gasteiger partial charge is 0.240 e. The van der Waals surface area contributed by atoms with Crippen molar-refractivity contribution in [2.45, 2.75) is 29.7 Å². The molecule has 0 bridgehead atoms. The Balaban J connectivity index is 0.00000144. The standard InChI is InChI=1S/C11H16N2O2S.ClH/c12-11(7-4-8-11)9-13-16(14,15)10-5-2-1-3-6-10;/h1-3,5-6,13H,4,7-9,12H2;1H. The molecule has 0 unspecified atom stereocenters. The first-order chi connectivity index (χ1) is 7.52. The van der Waals surface area contributed by atoms with Crippen LogP contribution in [0.4, 0.5) is 0 Å². The van der Waals surface area contributed by atoms with Gasteiger partial charge in [0.1, 0.15) is 0 Å². The van der Waals surface area contributed by atoms with Gasteiger partial charge in [0, 0.05) is 12.1 Å². The zero-order valence-electron chi connectivity index (χ0n) is 9.43. The molecule has 0 amide bonds. The molecular formula is C11H17ClN2O2S. The molecule has 0 spiro atoms. The predicted molar refractivity (Wildman–Crippen MR) is 69.6 cm³/mol. The first-order valence-corrected chi connectivity index (χ1v) is 6.84. The van der Waals surface area contributed by atoms with Crippen LogP contribution in [0.1, 0.15) is 19.3 Å². The first kappa shape index (κ1) is 14.4. The van der Waals surface area contributed by atoms with Gasteiger partial charge >= 0.3 is 0 Å². The Morgan fingerprint density at radius 1 is 1.24 bits per heavy atom. The minimum atomic E-state index is -3.40. The van der Waals surface area contributed by atoms with Gasteiger partial charge in [0.2, 0.25) is 10.0 Å². The van der Waals surface area contributed by atoms with Crippen molar-refractivity contribution in [1.82, 2.24) is 4.72 Å². The lowest BCUT2D eigenvalue weighted by Crippen LogP contribution is -2.54. The van der Waals surface area contributed by atoms with Gasteiger partial charge in [-0.2, -0.15) is 0 Å². The number of sulfonamides is 1. The number of nitrogens with two attached hydrogens (primary N) is 1. The third kappa shape index (κ3) is 3.42. The second-order valence-corrected chi connectivity index (χ2v) is 6.12. The monoisotopic (exact) mass is 276 g/mol. The van der Waals surface area contributed by atoms with Crippen LogP contribution in [-0.2, 0) is 10.0 Å². The van der Waals surface area contributed by atoms with Crippen molar-refractivity contribution in [2.24, 2.45) is 5.73 Å². The van der Waals surface area contributed by atoms with Crippen LogP contribution in [-0.4, -0.2) is 20.5 Å². The maximum absolute atomic E-state index is 11.9. The molecule has 6 heteroatoms. The highest BCUT2D eigenvalue weighted by atomic mass is 35.5. The molecule has 17 heavy (non-hydrogen) atoms. The Morgan fingerprint density at radius 2 is 1.82 bits per heavy atom. The molecule has 0 radical (unpaired) electrons. The third-order valence-electron chi connectivity index (χ3n) is 3.02. The van der Waals surface area contributed by atoms with E-state index in [4.69, 9.17) is 5.73 Å². The lowest BCUT2D eigenvalue weighted by Gasteiger charge is -2.37. The van der Waals surface area contributed by atoms with Crippen LogP contribution < -0.4 is 10.5 Å². The van der Waals surface area contributed by atoms with E-state index >= 15 is 0 Å². The minimum absolute atomic E-state index is 0. The maximum Gasteiger partial charge on any atom is 0.240 e. The average Bonchev–Trinajstić information content (AvgIpc) is 2.25. The fraction of sp³-hybridized carbons (Fsp3) is 0.455. The van der Waals surface area contributed by atoms with E-state index in [1.165, 1.54) is 0 Å². The largest absolute Gasteiger partial charge is 0.324 e. The highest BCUT2D eigenvalue weighted by Gasteiger charge is 2.33. The summed E-state index contributed by atoms with van der Waals surface area (Å²) in [4.78, 5) is 0.290. The Bertz CT molecular complexity index is 458. The van der Waals surface area contributed by atoms with Crippen molar-refractivity contribution in [1.29, 1.82) is 0 Å². The van der Waals surface area contributed by atoms with Crippen LogP contribution in [0.5, 0.6) is 0 Å². The van der Waals surface area contributed by atoms with Crippen molar-refractivity contribution < 1.29 is 8.42 Å². The van der Waals surface area contributed by atoms with Gasteiger partial charge in [-0.1, -0.05) is 18.2 Å². The topological polar surface area (TPSA) is 72.2 Å². The second kappa shape index (κ2) is 5.35. The number of hydrogen-bond acceptors (Lipinski definition) is 3. The van der Waals surface area contributed by atoms with Crippen LogP contribution in [0.25, 0.3) is 0 Å². The molecule has 1 aromatic rings. The van der Waals surface area contributed by atoms with Crippen molar-refractivity contribution >= 4 is 22.4 Å². The number of halogens is 1. The molecule has 1 aromatic carbocycles. The van der Waals surface area contributed by atoms with E-state index in [1.54, 1.807) is 30.3 Å². The summed E-state index contributed by atoms with van der Waals surface area (Å²) < 4.78 is 26.3. The molecule has 4 nitrogen and oxygen atoms in total. The van der Waals surface area contributed by atoms with E-state index in [0.717, 1.165) is 19.3 Å². The maximum atomic E-state index is 11.9. The summed E-state index contributed by atoms with van der Waals surface area (Å²) >= 11 is 0. The molecule has 0 atom stereocenters. The van der Waals surface area contributed by atoms with Crippen molar-refractivity contribution in [3.63, 3.8) is 0 Å². The summed E-state index contributed by atoms with van der Waals surface area (Å²) in [6.07, 6.45) is 2.87.